The summed E-state index contributed by atoms with van der Waals surface area (Å²) in [6.07, 6.45) is 2.01. The van der Waals surface area contributed by atoms with Crippen molar-refractivity contribution < 1.29 is 0 Å². The number of aromatic nitrogens is 1. The number of hydrogen-bond acceptors (Lipinski definition) is 3. The fourth-order valence-corrected chi connectivity index (χ4v) is 3.60. The van der Waals surface area contributed by atoms with Gasteiger partial charge in [-0.1, -0.05) is 51.1 Å². The van der Waals surface area contributed by atoms with E-state index in [9.17, 15) is 0 Å². The van der Waals surface area contributed by atoms with Crippen molar-refractivity contribution in [2.45, 2.75) is 58.4 Å². The third kappa shape index (κ3) is 4.14. The molecule has 0 bridgehead atoms. The van der Waals surface area contributed by atoms with Crippen LogP contribution < -0.4 is 5.73 Å². The molecule has 1 aromatic carbocycles. The van der Waals surface area contributed by atoms with Gasteiger partial charge in [0, 0.05) is 22.3 Å². The summed E-state index contributed by atoms with van der Waals surface area (Å²) >= 11 is 1.78. The second-order valence-electron chi connectivity index (χ2n) is 7.24. The summed E-state index contributed by atoms with van der Waals surface area (Å²) in [6, 6.07) is 10.6. The summed E-state index contributed by atoms with van der Waals surface area (Å²) in [6.45, 7) is 10.8. The fourth-order valence-electron chi connectivity index (χ4n) is 2.31. The maximum absolute atomic E-state index is 6.35. The SMILES string of the molecule is CC(C)(C)c1nc(CCc2ccccc2)sc1C(C)(C)N. The van der Waals surface area contributed by atoms with Crippen LogP contribution in [0.4, 0.5) is 0 Å². The molecule has 2 nitrogen and oxygen atoms in total. The average Bonchev–Trinajstić information content (AvgIpc) is 2.82. The summed E-state index contributed by atoms with van der Waals surface area (Å²) in [7, 11) is 0. The standard InChI is InChI=1S/C18H26N2S/c1-17(2,3)15-16(18(4,5)19)21-14(20-15)12-11-13-9-7-6-8-10-13/h6-10H,11-12,19H2,1-5H3. The zero-order valence-corrected chi connectivity index (χ0v) is 14.6. The average molecular weight is 302 g/mol. The highest BCUT2D eigenvalue weighted by atomic mass is 32.1. The normalized spacial score (nSPS) is 12.7. The van der Waals surface area contributed by atoms with Gasteiger partial charge in [-0.05, 0) is 25.8 Å². The van der Waals surface area contributed by atoms with E-state index in [-0.39, 0.29) is 11.0 Å². The first-order valence-corrected chi connectivity index (χ1v) is 8.33. The van der Waals surface area contributed by atoms with Gasteiger partial charge in [-0.15, -0.1) is 11.3 Å². The van der Waals surface area contributed by atoms with Crippen LogP contribution in [0.1, 0.15) is 55.8 Å². The van der Waals surface area contributed by atoms with E-state index in [1.165, 1.54) is 15.4 Å². The van der Waals surface area contributed by atoms with Gasteiger partial charge < -0.3 is 5.73 Å². The topological polar surface area (TPSA) is 38.9 Å². The van der Waals surface area contributed by atoms with Gasteiger partial charge in [-0.25, -0.2) is 4.98 Å². The molecule has 0 aliphatic rings. The molecule has 1 heterocycles. The van der Waals surface area contributed by atoms with Crippen LogP contribution >= 0.6 is 11.3 Å². The maximum atomic E-state index is 6.35. The number of thiazole rings is 1. The molecule has 0 spiro atoms. The third-order valence-electron chi connectivity index (χ3n) is 3.44. The van der Waals surface area contributed by atoms with Gasteiger partial charge in [0.1, 0.15) is 0 Å². The van der Waals surface area contributed by atoms with E-state index in [0.29, 0.717) is 0 Å². The number of benzene rings is 1. The molecule has 0 aliphatic carbocycles. The zero-order valence-electron chi connectivity index (χ0n) is 13.7. The largest absolute Gasteiger partial charge is 0.321 e. The van der Waals surface area contributed by atoms with Gasteiger partial charge in [0.15, 0.2) is 0 Å². The Morgan fingerprint density at radius 2 is 1.62 bits per heavy atom. The van der Waals surface area contributed by atoms with Crippen LogP contribution in [0.3, 0.4) is 0 Å². The van der Waals surface area contributed by atoms with Crippen LogP contribution in [0.2, 0.25) is 0 Å². The number of hydrogen-bond donors (Lipinski definition) is 1. The number of rotatable bonds is 4. The summed E-state index contributed by atoms with van der Waals surface area (Å²) in [5.74, 6) is 0. The molecular weight excluding hydrogens is 276 g/mol. The Labute approximate surface area is 132 Å². The fraction of sp³-hybridized carbons (Fsp3) is 0.500. The Balaban J connectivity index is 2.24. The smallest absolute Gasteiger partial charge is 0.0935 e. The lowest BCUT2D eigenvalue weighted by molar-refractivity contribution is 0.511. The van der Waals surface area contributed by atoms with E-state index in [4.69, 9.17) is 10.7 Å². The van der Waals surface area contributed by atoms with Gasteiger partial charge in [-0.2, -0.15) is 0 Å². The Kier molecular flexibility index (Phi) is 4.54. The summed E-state index contributed by atoms with van der Waals surface area (Å²) in [5, 5.41) is 1.19. The Hall–Kier alpha value is -1.19. The summed E-state index contributed by atoms with van der Waals surface area (Å²) < 4.78 is 0. The molecule has 3 heteroatoms. The van der Waals surface area contributed by atoms with Gasteiger partial charge in [0.2, 0.25) is 0 Å². The molecule has 2 rings (SSSR count). The van der Waals surface area contributed by atoms with E-state index in [1.807, 2.05) is 0 Å². The minimum atomic E-state index is -0.328. The van der Waals surface area contributed by atoms with Crippen molar-refractivity contribution in [1.29, 1.82) is 0 Å². The number of nitrogens with two attached hydrogens (primary N) is 1. The van der Waals surface area contributed by atoms with Gasteiger partial charge >= 0.3 is 0 Å². The molecule has 0 saturated heterocycles. The molecule has 0 radical (unpaired) electrons. The Morgan fingerprint density at radius 3 is 2.10 bits per heavy atom. The van der Waals surface area contributed by atoms with Crippen molar-refractivity contribution >= 4 is 11.3 Å². The molecule has 0 unspecified atom stereocenters. The van der Waals surface area contributed by atoms with Crippen molar-refractivity contribution in [3.05, 3.63) is 51.5 Å². The van der Waals surface area contributed by atoms with Crippen molar-refractivity contribution in [2.75, 3.05) is 0 Å². The molecule has 0 saturated carbocycles. The predicted molar refractivity (Wildman–Crippen MR) is 91.9 cm³/mol. The second-order valence-corrected chi connectivity index (χ2v) is 8.33. The van der Waals surface area contributed by atoms with Crippen LogP contribution in [0, 0.1) is 0 Å². The lowest BCUT2D eigenvalue weighted by Crippen LogP contribution is -2.31. The lowest BCUT2D eigenvalue weighted by atomic mass is 9.87. The molecule has 0 fully saturated rings. The molecule has 1 aromatic heterocycles. The molecule has 114 valence electrons. The van der Waals surface area contributed by atoms with Crippen LogP contribution in [0.15, 0.2) is 30.3 Å². The number of aryl methyl sites for hydroxylation is 2. The number of nitrogens with zero attached hydrogens (tertiary/aromatic N) is 1. The predicted octanol–water partition coefficient (Wildman–Crippen LogP) is 4.42. The quantitative estimate of drug-likeness (QED) is 0.908. The van der Waals surface area contributed by atoms with Crippen LogP contribution in [-0.4, -0.2) is 4.98 Å². The molecule has 2 N–H and O–H groups in total. The second kappa shape index (κ2) is 5.90. The lowest BCUT2D eigenvalue weighted by Gasteiger charge is -2.24. The first kappa shape index (κ1) is 16.2. The summed E-state index contributed by atoms with van der Waals surface area (Å²) in [5.41, 5.74) is 8.57. The van der Waals surface area contributed by atoms with Crippen molar-refractivity contribution in [3.8, 4) is 0 Å². The molecule has 0 atom stereocenters. The monoisotopic (exact) mass is 302 g/mol. The first-order chi connectivity index (χ1) is 9.68. The minimum Gasteiger partial charge on any atom is -0.321 e. The third-order valence-corrected chi connectivity index (χ3v) is 4.89. The first-order valence-electron chi connectivity index (χ1n) is 7.51. The van der Waals surface area contributed by atoms with E-state index >= 15 is 0 Å². The molecule has 2 aromatic rings. The van der Waals surface area contributed by atoms with Crippen LogP contribution in [0.25, 0.3) is 0 Å². The van der Waals surface area contributed by atoms with E-state index in [2.05, 4.69) is 65.0 Å². The summed E-state index contributed by atoms with van der Waals surface area (Å²) in [4.78, 5) is 6.12. The molecule has 0 aliphatic heterocycles. The molecule has 21 heavy (non-hydrogen) atoms. The van der Waals surface area contributed by atoms with E-state index in [1.54, 1.807) is 11.3 Å². The van der Waals surface area contributed by atoms with E-state index < -0.39 is 0 Å². The minimum absolute atomic E-state index is 0.0352. The van der Waals surface area contributed by atoms with Crippen molar-refractivity contribution in [1.82, 2.24) is 4.98 Å². The van der Waals surface area contributed by atoms with Gasteiger partial charge in [0.25, 0.3) is 0 Å². The Bertz CT molecular complexity index is 554. The highest BCUT2D eigenvalue weighted by Crippen LogP contribution is 2.35. The Morgan fingerprint density at radius 1 is 1.00 bits per heavy atom. The zero-order chi connectivity index (χ0) is 15.7. The maximum Gasteiger partial charge on any atom is 0.0935 e. The highest BCUT2D eigenvalue weighted by Gasteiger charge is 2.29. The van der Waals surface area contributed by atoms with Crippen LogP contribution in [0.5, 0.6) is 0 Å². The van der Waals surface area contributed by atoms with E-state index in [0.717, 1.165) is 18.5 Å². The molecular formula is C18H26N2S. The molecule has 0 amide bonds. The van der Waals surface area contributed by atoms with Crippen molar-refractivity contribution in [3.63, 3.8) is 0 Å². The highest BCUT2D eigenvalue weighted by molar-refractivity contribution is 7.11. The van der Waals surface area contributed by atoms with Gasteiger partial charge in [-0.3, -0.25) is 0 Å². The van der Waals surface area contributed by atoms with Gasteiger partial charge in [0.05, 0.1) is 10.7 Å². The van der Waals surface area contributed by atoms with Crippen molar-refractivity contribution in [2.24, 2.45) is 5.73 Å². The van der Waals surface area contributed by atoms with Crippen LogP contribution in [-0.2, 0) is 23.8 Å².